The van der Waals surface area contributed by atoms with Crippen molar-refractivity contribution in [1.29, 1.82) is 0 Å². The van der Waals surface area contributed by atoms with Crippen molar-refractivity contribution in [2.45, 2.75) is 94.2 Å². The Labute approximate surface area is 291 Å². The van der Waals surface area contributed by atoms with Gasteiger partial charge in [-0.05, 0) is 80.0 Å². The van der Waals surface area contributed by atoms with Crippen molar-refractivity contribution >= 4 is 44.6 Å². The summed E-state index contributed by atoms with van der Waals surface area (Å²) in [6, 6.07) is 4.95. The number of carbonyl (C=O) groups excluding carboxylic acids is 3. The minimum Gasteiger partial charge on any atom is -0.497 e. The first-order valence-corrected chi connectivity index (χ1v) is 18.8. The van der Waals surface area contributed by atoms with Gasteiger partial charge in [0.2, 0.25) is 27.7 Å². The smallest absolute Gasteiger partial charge is 0.405 e. The van der Waals surface area contributed by atoms with Crippen molar-refractivity contribution in [2.75, 3.05) is 13.7 Å². The van der Waals surface area contributed by atoms with Gasteiger partial charge in [-0.25, -0.2) is 18.2 Å². The summed E-state index contributed by atoms with van der Waals surface area (Å²) in [6.07, 6.45) is 6.97. The average Bonchev–Trinajstić information content (AvgIpc) is 4.01. The maximum absolute atomic E-state index is 14.4. The normalized spacial score (nSPS) is 30.9. The van der Waals surface area contributed by atoms with Crippen molar-refractivity contribution in [3.8, 4) is 11.6 Å². The van der Waals surface area contributed by atoms with Crippen LogP contribution in [0.3, 0.4) is 0 Å². The van der Waals surface area contributed by atoms with Crippen molar-refractivity contribution in [2.24, 2.45) is 17.8 Å². The maximum Gasteiger partial charge on any atom is 0.405 e. The zero-order valence-corrected chi connectivity index (χ0v) is 29.3. The zero-order valence-electron chi connectivity index (χ0n) is 28.5. The van der Waals surface area contributed by atoms with Gasteiger partial charge >= 0.3 is 6.09 Å². The second kappa shape index (κ2) is 14.1. The van der Waals surface area contributed by atoms with Crippen molar-refractivity contribution in [3.63, 3.8) is 0 Å². The number of methoxy groups -OCH3 is 1. The summed E-state index contributed by atoms with van der Waals surface area (Å²) in [7, 11) is -2.33. The van der Waals surface area contributed by atoms with E-state index < -0.39 is 68.7 Å². The number of hydrogen-bond donors (Lipinski definition) is 4. The van der Waals surface area contributed by atoms with Gasteiger partial charge in [0, 0.05) is 23.9 Å². The van der Waals surface area contributed by atoms with E-state index in [1.807, 2.05) is 31.2 Å². The van der Waals surface area contributed by atoms with Crippen LogP contribution in [0.1, 0.15) is 65.2 Å². The minimum absolute atomic E-state index is 0.0252. The van der Waals surface area contributed by atoms with Gasteiger partial charge in [-0.15, -0.1) is 0 Å². The molecule has 0 bridgehead atoms. The fourth-order valence-electron chi connectivity index (χ4n) is 7.36. The Bertz CT molecular complexity index is 1800. The second-order valence-corrected chi connectivity index (χ2v) is 16.0. The molecular weight excluding hydrogens is 666 g/mol. The van der Waals surface area contributed by atoms with E-state index in [9.17, 15) is 32.7 Å². The number of ether oxygens (including phenoxy) is 2. The van der Waals surface area contributed by atoms with Crippen LogP contribution in [-0.4, -0.2) is 89.9 Å². The average molecular weight is 712 g/mol. The van der Waals surface area contributed by atoms with Gasteiger partial charge in [-0.3, -0.25) is 19.1 Å². The quantitative estimate of drug-likeness (QED) is 0.296. The van der Waals surface area contributed by atoms with Crippen LogP contribution >= 0.6 is 0 Å². The molecule has 0 unspecified atom stereocenters. The molecule has 2 aliphatic carbocycles. The molecule has 1 aromatic carbocycles. The largest absolute Gasteiger partial charge is 0.497 e. The third-order valence-corrected chi connectivity index (χ3v) is 12.3. The van der Waals surface area contributed by atoms with E-state index in [0.717, 1.165) is 11.8 Å². The number of carboxylic acid groups (broad SMARTS) is 1. The summed E-state index contributed by atoms with van der Waals surface area (Å²) in [5.74, 6) is -1.74. The third-order valence-electron chi connectivity index (χ3n) is 10.5. The monoisotopic (exact) mass is 711 g/mol. The van der Waals surface area contributed by atoms with Crippen LogP contribution in [-0.2, 0) is 24.4 Å². The molecule has 4 N–H and O–H groups in total. The molecule has 7 atom stereocenters. The van der Waals surface area contributed by atoms with Crippen molar-refractivity contribution in [3.05, 3.63) is 42.6 Å². The second-order valence-electron chi connectivity index (χ2n) is 14.1. The fourth-order valence-corrected chi connectivity index (χ4v) is 8.72. The third kappa shape index (κ3) is 7.37. The van der Waals surface area contributed by atoms with Gasteiger partial charge in [0.25, 0.3) is 5.91 Å². The molecule has 50 heavy (non-hydrogen) atoms. The molecular formula is C35H45N5O9S. The maximum atomic E-state index is 14.4. The number of nitrogens with zero attached hydrogens (tertiary/aromatic N) is 2. The van der Waals surface area contributed by atoms with E-state index in [4.69, 9.17) is 9.47 Å². The van der Waals surface area contributed by atoms with Crippen molar-refractivity contribution in [1.82, 2.24) is 25.2 Å². The molecule has 270 valence electrons. The lowest BCUT2D eigenvalue weighted by molar-refractivity contribution is -0.142. The summed E-state index contributed by atoms with van der Waals surface area (Å²) in [6.45, 7) is 3.91. The molecule has 1 saturated heterocycles. The molecule has 15 heteroatoms. The number of fused-ring (bicyclic) bond motifs is 3. The number of rotatable bonds is 8. The molecule has 0 radical (unpaired) electrons. The predicted octanol–water partition coefficient (Wildman–Crippen LogP) is 3.11. The summed E-state index contributed by atoms with van der Waals surface area (Å²) >= 11 is 0. The van der Waals surface area contributed by atoms with E-state index >= 15 is 0 Å². The molecule has 3 fully saturated rings. The number of carbonyl (C=O) groups is 4. The number of sulfonamides is 1. The first kappa shape index (κ1) is 35.4. The minimum atomic E-state index is -3.90. The Kier molecular flexibility index (Phi) is 9.98. The van der Waals surface area contributed by atoms with Crippen molar-refractivity contribution < 1.29 is 42.2 Å². The highest BCUT2D eigenvalue weighted by atomic mass is 32.2. The zero-order chi connectivity index (χ0) is 35.8. The number of hydrogen-bond acceptors (Lipinski definition) is 9. The lowest BCUT2D eigenvalue weighted by atomic mass is 9.85. The van der Waals surface area contributed by atoms with Crippen LogP contribution in [0.15, 0.2) is 42.6 Å². The van der Waals surface area contributed by atoms with Gasteiger partial charge in [0.05, 0.1) is 18.9 Å². The Hall–Kier alpha value is -4.40. The SMILES string of the molecule is CC[C@@H]1C[C@H](C)CC/C=C\[C@@H]2C[C@@]2(C(=O)NS(=O)(=O)C2CC2)NC(=O)[C@@H]2C[C@@H](Oc3nccc4cc(OC)ccc34)CN2C(=O)[C@H]1NC(=O)O. The lowest BCUT2D eigenvalue weighted by Crippen LogP contribution is -2.59. The molecule has 3 heterocycles. The van der Waals surface area contributed by atoms with Crippen LogP contribution < -0.4 is 24.8 Å². The standard InChI is InChI=1S/C35H45N5O9S/c1-4-21-15-20(2)7-5-6-8-23-18-35(23,33(43)39-50(46,47)26-10-11-26)38-30(41)28-17-25(19-40(28)32(42)29(21)37-34(44)45)49-31-27-12-9-24(48-3)16-22(27)13-14-36-31/h6,8-9,12-14,16,20-21,23,25-26,28-29,37H,4-5,7,10-11,15,17-19H2,1-3H3,(H,38,41)(H,39,43)(H,44,45)/b8-6-/t20-,21-,23-,25-,28+,29+,35-/m1/s1. The first-order chi connectivity index (χ1) is 23.8. The highest BCUT2D eigenvalue weighted by Crippen LogP contribution is 2.46. The first-order valence-electron chi connectivity index (χ1n) is 17.3. The number of nitrogens with one attached hydrogen (secondary N) is 3. The highest BCUT2D eigenvalue weighted by Gasteiger charge is 2.62. The van der Waals surface area contributed by atoms with Crippen LogP contribution in [0.5, 0.6) is 11.6 Å². The number of amides is 4. The van der Waals surface area contributed by atoms with E-state index in [-0.39, 0.29) is 31.2 Å². The Morgan fingerprint density at radius 2 is 1.94 bits per heavy atom. The van der Waals surface area contributed by atoms with Gasteiger partial charge in [-0.1, -0.05) is 32.4 Å². The molecule has 2 saturated carbocycles. The predicted molar refractivity (Wildman–Crippen MR) is 183 cm³/mol. The molecule has 6 rings (SSSR count). The van der Waals surface area contributed by atoms with Crippen LogP contribution in [0.2, 0.25) is 0 Å². The van der Waals surface area contributed by atoms with E-state index in [2.05, 4.69) is 27.3 Å². The number of allylic oxidation sites excluding steroid dienone is 1. The number of aromatic nitrogens is 1. The van der Waals surface area contributed by atoms with Gasteiger partial charge in [0.1, 0.15) is 29.5 Å². The molecule has 0 spiro atoms. The Morgan fingerprint density at radius 1 is 1.16 bits per heavy atom. The molecule has 1 aromatic heterocycles. The number of pyridine rings is 1. The Balaban J connectivity index is 1.34. The van der Waals surface area contributed by atoms with Crippen LogP contribution in [0, 0.1) is 17.8 Å². The molecule has 4 aliphatic rings. The Morgan fingerprint density at radius 3 is 2.64 bits per heavy atom. The van der Waals surface area contributed by atoms with Crippen LogP contribution in [0.4, 0.5) is 4.79 Å². The summed E-state index contributed by atoms with van der Waals surface area (Å²) in [4.78, 5) is 60.2. The molecule has 14 nitrogen and oxygen atoms in total. The molecule has 2 aromatic rings. The molecule has 4 amide bonds. The summed E-state index contributed by atoms with van der Waals surface area (Å²) < 4.78 is 39.5. The topological polar surface area (TPSA) is 193 Å². The summed E-state index contributed by atoms with van der Waals surface area (Å²) in [5, 5.41) is 16.0. The molecule has 2 aliphatic heterocycles. The van der Waals surface area contributed by atoms with Gasteiger partial charge in [-0.2, -0.15) is 0 Å². The van der Waals surface area contributed by atoms with Gasteiger partial charge < -0.3 is 30.1 Å². The van der Waals surface area contributed by atoms with E-state index in [1.54, 1.807) is 25.4 Å². The highest BCUT2D eigenvalue weighted by molar-refractivity contribution is 7.91. The number of benzene rings is 1. The van der Waals surface area contributed by atoms with Crippen LogP contribution in [0.25, 0.3) is 10.8 Å². The van der Waals surface area contributed by atoms with E-state index in [1.165, 1.54) is 4.90 Å². The fraction of sp³-hybridized carbons (Fsp3) is 0.571. The van der Waals surface area contributed by atoms with Gasteiger partial charge in [0.15, 0.2) is 0 Å². The van der Waals surface area contributed by atoms with E-state index in [0.29, 0.717) is 49.1 Å². The lowest BCUT2D eigenvalue weighted by Gasteiger charge is -2.33. The summed E-state index contributed by atoms with van der Waals surface area (Å²) in [5.41, 5.74) is -1.52.